The maximum absolute atomic E-state index is 12.5. The van der Waals surface area contributed by atoms with Crippen LogP contribution in [0.15, 0.2) is 71.5 Å². The number of hydrogen-bond acceptors (Lipinski definition) is 4. The van der Waals surface area contributed by atoms with E-state index in [0.29, 0.717) is 17.0 Å². The molecule has 0 radical (unpaired) electrons. The molecule has 25 heavy (non-hydrogen) atoms. The van der Waals surface area contributed by atoms with E-state index in [-0.39, 0.29) is 5.91 Å². The summed E-state index contributed by atoms with van der Waals surface area (Å²) < 4.78 is 6.18. The molecule has 0 fully saturated rings. The van der Waals surface area contributed by atoms with Gasteiger partial charge in [0.25, 0.3) is 5.91 Å². The number of ether oxygens (including phenoxy) is 1. The summed E-state index contributed by atoms with van der Waals surface area (Å²) in [4.78, 5) is 16.7. The first-order chi connectivity index (χ1) is 12.2. The molecule has 126 valence electrons. The molecule has 2 aromatic carbocycles. The van der Waals surface area contributed by atoms with Gasteiger partial charge in [0.15, 0.2) is 0 Å². The maximum Gasteiger partial charge on any atom is 0.257 e. The molecule has 0 aliphatic heterocycles. The van der Waals surface area contributed by atoms with E-state index >= 15 is 0 Å². The summed E-state index contributed by atoms with van der Waals surface area (Å²) in [6.07, 6.45) is 3.19. The second kappa shape index (κ2) is 7.81. The van der Waals surface area contributed by atoms with Crippen molar-refractivity contribution in [2.45, 2.75) is 0 Å². The SMILES string of the molecule is COc1ccccc1NC(=O)c1cncc(Nc2ccccc2Br)c1. The van der Waals surface area contributed by atoms with Crippen molar-refractivity contribution < 1.29 is 9.53 Å². The lowest BCUT2D eigenvalue weighted by Gasteiger charge is -2.11. The quantitative estimate of drug-likeness (QED) is 0.645. The Bertz CT molecular complexity index is 899. The van der Waals surface area contributed by atoms with E-state index in [9.17, 15) is 4.79 Å². The minimum absolute atomic E-state index is 0.257. The fraction of sp³-hybridized carbons (Fsp3) is 0.0526. The van der Waals surface area contributed by atoms with Crippen LogP contribution in [-0.4, -0.2) is 18.0 Å². The number of carbonyl (C=O) groups excluding carboxylic acids is 1. The van der Waals surface area contributed by atoms with Gasteiger partial charge in [-0.05, 0) is 46.3 Å². The number of anilines is 3. The molecule has 1 amide bonds. The number of para-hydroxylation sites is 3. The Balaban J connectivity index is 1.79. The number of benzene rings is 2. The normalized spacial score (nSPS) is 10.2. The molecule has 2 N–H and O–H groups in total. The Kier molecular flexibility index (Phi) is 5.30. The molecule has 0 aliphatic rings. The first kappa shape index (κ1) is 17.0. The highest BCUT2D eigenvalue weighted by atomic mass is 79.9. The number of hydrogen-bond donors (Lipinski definition) is 2. The van der Waals surface area contributed by atoms with Gasteiger partial charge >= 0.3 is 0 Å². The summed E-state index contributed by atoms with van der Waals surface area (Å²) in [6, 6.07) is 16.7. The third-order valence-corrected chi connectivity index (χ3v) is 4.20. The van der Waals surface area contributed by atoms with E-state index in [1.165, 1.54) is 6.20 Å². The molecule has 0 spiro atoms. The van der Waals surface area contributed by atoms with Crippen LogP contribution in [-0.2, 0) is 0 Å². The summed E-state index contributed by atoms with van der Waals surface area (Å²) in [6.45, 7) is 0. The Morgan fingerprint density at radius 3 is 2.52 bits per heavy atom. The number of pyridine rings is 1. The van der Waals surface area contributed by atoms with Gasteiger partial charge in [0.1, 0.15) is 5.75 Å². The number of carbonyl (C=O) groups is 1. The predicted octanol–water partition coefficient (Wildman–Crippen LogP) is 4.85. The number of amides is 1. The molecule has 0 aliphatic carbocycles. The zero-order valence-electron chi connectivity index (χ0n) is 13.5. The van der Waals surface area contributed by atoms with Gasteiger partial charge < -0.3 is 15.4 Å². The topological polar surface area (TPSA) is 63.2 Å². The summed E-state index contributed by atoms with van der Waals surface area (Å²) in [5, 5.41) is 6.08. The molecule has 1 heterocycles. The molecule has 3 aromatic rings. The molecule has 0 saturated carbocycles. The highest BCUT2D eigenvalue weighted by Gasteiger charge is 2.11. The van der Waals surface area contributed by atoms with Crippen molar-refractivity contribution in [3.63, 3.8) is 0 Å². The van der Waals surface area contributed by atoms with Crippen LogP contribution in [0.25, 0.3) is 0 Å². The van der Waals surface area contributed by atoms with Crippen LogP contribution in [0.5, 0.6) is 5.75 Å². The van der Waals surface area contributed by atoms with Crippen LogP contribution in [0, 0.1) is 0 Å². The van der Waals surface area contributed by atoms with Gasteiger partial charge in [0.05, 0.1) is 35.9 Å². The number of nitrogens with zero attached hydrogens (tertiary/aromatic N) is 1. The van der Waals surface area contributed by atoms with Crippen LogP contribution in [0.2, 0.25) is 0 Å². The van der Waals surface area contributed by atoms with Gasteiger partial charge in [0.2, 0.25) is 0 Å². The van der Waals surface area contributed by atoms with E-state index < -0.39 is 0 Å². The summed E-state index contributed by atoms with van der Waals surface area (Å²) in [5.41, 5.74) is 2.67. The zero-order chi connectivity index (χ0) is 17.6. The summed E-state index contributed by atoms with van der Waals surface area (Å²) in [7, 11) is 1.56. The number of nitrogens with one attached hydrogen (secondary N) is 2. The lowest BCUT2D eigenvalue weighted by atomic mass is 10.2. The molecule has 6 heteroatoms. The van der Waals surface area contributed by atoms with Crippen molar-refractivity contribution in [1.29, 1.82) is 0 Å². The third kappa shape index (κ3) is 4.16. The largest absolute Gasteiger partial charge is 0.495 e. The molecule has 5 nitrogen and oxygen atoms in total. The van der Waals surface area contributed by atoms with E-state index in [1.54, 1.807) is 31.5 Å². The smallest absolute Gasteiger partial charge is 0.257 e. The Morgan fingerprint density at radius 1 is 1.04 bits per heavy atom. The zero-order valence-corrected chi connectivity index (χ0v) is 15.1. The second-order valence-corrected chi connectivity index (χ2v) is 6.08. The Hall–Kier alpha value is -2.86. The Labute approximate surface area is 154 Å². The molecule has 0 unspecified atom stereocenters. The van der Waals surface area contributed by atoms with Crippen molar-refractivity contribution >= 4 is 38.9 Å². The van der Waals surface area contributed by atoms with Crippen LogP contribution < -0.4 is 15.4 Å². The minimum Gasteiger partial charge on any atom is -0.495 e. The van der Waals surface area contributed by atoms with Crippen LogP contribution in [0.4, 0.5) is 17.1 Å². The third-order valence-electron chi connectivity index (χ3n) is 3.51. The average molecular weight is 398 g/mol. The molecular weight excluding hydrogens is 382 g/mol. The first-order valence-electron chi connectivity index (χ1n) is 7.58. The lowest BCUT2D eigenvalue weighted by molar-refractivity contribution is 0.102. The van der Waals surface area contributed by atoms with Crippen LogP contribution >= 0.6 is 15.9 Å². The Morgan fingerprint density at radius 2 is 1.76 bits per heavy atom. The molecule has 0 saturated heterocycles. The monoisotopic (exact) mass is 397 g/mol. The van der Waals surface area contributed by atoms with E-state index in [4.69, 9.17) is 4.74 Å². The number of methoxy groups -OCH3 is 1. The van der Waals surface area contributed by atoms with Crippen molar-refractivity contribution in [2.24, 2.45) is 0 Å². The van der Waals surface area contributed by atoms with Gasteiger partial charge in [-0.3, -0.25) is 9.78 Å². The fourth-order valence-corrected chi connectivity index (χ4v) is 2.68. The van der Waals surface area contributed by atoms with E-state index in [2.05, 4.69) is 31.5 Å². The van der Waals surface area contributed by atoms with Crippen LogP contribution in [0.1, 0.15) is 10.4 Å². The molecule has 1 aromatic heterocycles. The van der Waals surface area contributed by atoms with Gasteiger partial charge in [-0.1, -0.05) is 24.3 Å². The van der Waals surface area contributed by atoms with Gasteiger partial charge in [0, 0.05) is 10.7 Å². The summed E-state index contributed by atoms with van der Waals surface area (Å²) >= 11 is 3.49. The fourth-order valence-electron chi connectivity index (χ4n) is 2.29. The van der Waals surface area contributed by atoms with Crippen molar-refractivity contribution in [3.8, 4) is 5.75 Å². The second-order valence-electron chi connectivity index (χ2n) is 5.22. The molecule has 0 bridgehead atoms. The molecule has 0 atom stereocenters. The lowest BCUT2D eigenvalue weighted by Crippen LogP contribution is -2.13. The van der Waals surface area contributed by atoms with Crippen molar-refractivity contribution in [3.05, 3.63) is 77.0 Å². The molecular formula is C19H16BrN3O2. The van der Waals surface area contributed by atoms with Crippen molar-refractivity contribution in [1.82, 2.24) is 4.98 Å². The number of rotatable bonds is 5. The highest BCUT2D eigenvalue weighted by molar-refractivity contribution is 9.10. The van der Waals surface area contributed by atoms with E-state index in [1.807, 2.05) is 36.4 Å². The summed E-state index contributed by atoms with van der Waals surface area (Å²) in [5.74, 6) is 0.346. The number of aromatic nitrogens is 1. The predicted molar refractivity (Wildman–Crippen MR) is 103 cm³/mol. The standard InChI is InChI=1S/C19H16BrN3O2/c1-25-18-9-5-4-8-17(18)23-19(24)13-10-14(12-21-11-13)22-16-7-3-2-6-15(16)20/h2-12,22H,1H3,(H,23,24). The van der Waals surface area contributed by atoms with Crippen molar-refractivity contribution in [2.75, 3.05) is 17.7 Å². The van der Waals surface area contributed by atoms with Crippen LogP contribution in [0.3, 0.4) is 0 Å². The maximum atomic E-state index is 12.5. The van der Waals surface area contributed by atoms with E-state index in [0.717, 1.165) is 15.8 Å². The molecule has 3 rings (SSSR count). The highest BCUT2D eigenvalue weighted by Crippen LogP contribution is 2.26. The number of halogens is 1. The van der Waals surface area contributed by atoms with Gasteiger partial charge in [-0.15, -0.1) is 0 Å². The minimum atomic E-state index is -0.257. The average Bonchev–Trinajstić information content (AvgIpc) is 2.64. The van der Waals surface area contributed by atoms with Gasteiger partial charge in [-0.2, -0.15) is 0 Å². The van der Waals surface area contributed by atoms with Gasteiger partial charge in [-0.25, -0.2) is 0 Å². The first-order valence-corrected chi connectivity index (χ1v) is 8.37.